The van der Waals surface area contributed by atoms with E-state index in [0.717, 1.165) is 37.3 Å². The van der Waals surface area contributed by atoms with Gasteiger partial charge in [-0.1, -0.05) is 18.2 Å². The number of carbonyl (C=O) groups excluding carboxylic acids is 1. The number of amides is 1. The van der Waals surface area contributed by atoms with Gasteiger partial charge in [0.25, 0.3) is 11.9 Å². The molecule has 1 aliphatic heterocycles. The van der Waals surface area contributed by atoms with Crippen LogP contribution < -0.4 is 5.32 Å². The Balaban J connectivity index is 1.33. The largest absolute Gasteiger partial charge is 0.454 e. The Labute approximate surface area is 197 Å². The van der Waals surface area contributed by atoms with E-state index >= 15 is 0 Å². The van der Waals surface area contributed by atoms with Crippen LogP contribution in [0.4, 0.5) is 0 Å². The first-order valence-corrected chi connectivity index (χ1v) is 11.4. The van der Waals surface area contributed by atoms with Gasteiger partial charge in [0.1, 0.15) is 11.3 Å². The second kappa shape index (κ2) is 9.00. The van der Waals surface area contributed by atoms with Crippen molar-refractivity contribution >= 4 is 16.9 Å². The van der Waals surface area contributed by atoms with E-state index in [1.165, 1.54) is 0 Å². The predicted octanol–water partition coefficient (Wildman–Crippen LogP) is 3.22. The third-order valence-corrected chi connectivity index (χ3v) is 6.31. The fraction of sp³-hybridized carbons (Fsp3) is 0.360. The van der Waals surface area contributed by atoms with Crippen molar-refractivity contribution in [3.8, 4) is 17.4 Å². The van der Waals surface area contributed by atoms with E-state index < -0.39 is 0 Å². The summed E-state index contributed by atoms with van der Waals surface area (Å²) in [6, 6.07) is 11.6. The fourth-order valence-electron chi connectivity index (χ4n) is 4.20. The molecule has 1 amide bonds. The van der Waals surface area contributed by atoms with Crippen LogP contribution in [0.3, 0.4) is 0 Å². The molecule has 1 fully saturated rings. The van der Waals surface area contributed by atoms with Crippen LogP contribution in [0.15, 0.2) is 53.2 Å². The molecule has 3 aromatic heterocycles. The van der Waals surface area contributed by atoms with E-state index in [-0.39, 0.29) is 11.4 Å². The van der Waals surface area contributed by atoms with Gasteiger partial charge in [0.05, 0.1) is 30.7 Å². The molecule has 0 unspecified atom stereocenters. The summed E-state index contributed by atoms with van der Waals surface area (Å²) in [4.78, 5) is 24.3. The highest BCUT2D eigenvalue weighted by atomic mass is 16.5. The van der Waals surface area contributed by atoms with Crippen molar-refractivity contribution in [2.24, 2.45) is 0 Å². The topological polar surface area (TPSA) is 98.3 Å². The van der Waals surface area contributed by atoms with Gasteiger partial charge in [-0.3, -0.25) is 9.69 Å². The van der Waals surface area contributed by atoms with Gasteiger partial charge < -0.3 is 14.5 Å². The lowest BCUT2D eigenvalue weighted by Crippen LogP contribution is -2.55. The molecule has 0 bridgehead atoms. The maximum atomic E-state index is 13.0. The maximum absolute atomic E-state index is 13.0. The molecule has 0 radical (unpaired) electrons. The van der Waals surface area contributed by atoms with Crippen LogP contribution in [-0.4, -0.2) is 68.9 Å². The van der Waals surface area contributed by atoms with Crippen LogP contribution in [0, 0.1) is 6.92 Å². The predicted molar refractivity (Wildman–Crippen MR) is 128 cm³/mol. The third-order valence-electron chi connectivity index (χ3n) is 6.31. The number of rotatable bonds is 6. The molecule has 4 aromatic rings. The lowest BCUT2D eigenvalue weighted by atomic mass is 10.0. The monoisotopic (exact) mass is 460 g/mol. The first-order chi connectivity index (χ1) is 16.4. The Morgan fingerprint density at radius 1 is 1.18 bits per heavy atom. The first kappa shape index (κ1) is 22.2. The van der Waals surface area contributed by atoms with E-state index in [1.54, 1.807) is 23.1 Å². The molecular weight excluding hydrogens is 432 g/mol. The van der Waals surface area contributed by atoms with Crippen molar-refractivity contribution in [1.82, 2.24) is 30.0 Å². The van der Waals surface area contributed by atoms with E-state index in [0.29, 0.717) is 35.2 Å². The highest BCUT2D eigenvalue weighted by molar-refractivity contribution is 5.95. The van der Waals surface area contributed by atoms with Gasteiger partial charge in [-0.25, -0.2) is 14.6 Å². The molecule has 1 N–H and O–H groups in total. The van der Waals surface area contributed by atoms with Gasteiger partial charge in [-0.15, -0.1) is 0 Å². The summed E-state index contributed by atoms with van der Waals surface area (Å²) < 4.78 is 13.0. The van der Waals surface area contributed by atoms with Gasteiger partial charge in [-0.05, 0) is 39.0 Å². The zero-order valence-electron chi connectivity index (χ0n) is 19.6. The van der Waals surface area contributed by atoms with Gasteiger partial charge in [0.2, 0.25) is 0 Å². The average molecular weight is 461 g/mol. The Hall–Kier alpha value is -3.56. The summed E-state index contributed by atoms with van der Waals surface area (Å²) in [5.74, 6) is 0.861. The molecular formula is C25H28N6O3. The van der Waals surface area contributed by atoms with Crippen LogP contribution in [0.2, 0.25) is 0 Å². The Kier molecular flexibility index (Phi) is 5.89. The molecule has 5 rings (SSSR count). The van der Waals surface area contributed by atoms with Gasteiger partial charge in [0.15, 0.2) is 5.76 Å². The van der Waals surface area contributed by atoms with E-state index in [4.69, 9.17) is 9.15 Å². The zero-order valence-corrected chi connectivity index (χ0v) is 19.6. The Morgan fingerprint density at radius 3 is 2.76 bits per heavy atom. The minimum absolute atomic E-state index is 0.168. The van der Waals surface area contributed by atoms with Gasteiger partial charge in [0, 0.05) is 36.8 Å². The molecule has 1 aliphatic rings. The van der Waals surface area contributed by atoms with Crippen LogP contribution >= 0.6 is 0 Å². The second-order valence-electron chi connectivity index (χ2n) is 9.04. The Morgan fingerprint density at radius 2 is 1.97 bits per heavy atom. The van der Waals surface area contributed by atoms with Crippen molar-refractivity contribution < 1.29 is 13.9 Å². The van der Waals surface area contributed by atoms with Crippen molar-refractivity contribution in [3.63, 3.8) is 0 Å². The number of benzene rings is 1. The summed E-state index contributed by atoms with van der Waals surface area (Å²) in [6.07, 6.45) is 3.22. The zero-order chi connectivity index (χ0) is 23.7. The van der Waals surface area contributed by atoms with Crippen molar-refractivity contribution in [2.75, 3.05) is 32.8 Å². The number of nitrogens with zero attached hydrogens (tertiary/aromatic N) is 5. The van der Waals surface area contributed by atoms with Gasteiger partial charge in [-0.2, -0.15) is 5.10 Å². The quantitative estimate of drug-likeness (QED) is 0.472. The Bertz CT molecular complexity index is 1290. The normalized spacial score (nSPS) is 15.0. The van der Waals surface area contributed by atoms with Crippen molar-refractivity contribution in [3.05, 3.63) is 60.0 Å². The number of nitrogens with one attached hydrogen (secondary N) is 1. The highest BCUT2D eigenvalue weighted by Gasteiger charge is 2.29. The second-order valence-corrected chi connectivity index (χ2v) is 9.04. The number of aromatic nitrogens is 4. The van der Waals surface area contributed by atoms with Crippen LogP contribution in [0.25, 0.3) is 28.4 Å². The number of carbonyl (C=O) groups is 1. The molecule has 1 saturated heterocycles. The number of fused-ring (bicyclic) bond motifs is 1. The molecule has 0 aliphatic carbocycles. The molecule has 9 nitrogen and oxygen atoms in total. The van der Waals surface area contributed by atoms with Gasteiger partial charge >= 0.3 is 0 Å². The van der Waals surface area contributed by atoms with E-state index in [2.05, 4.69) is 39.1 Å². The smallest absolute Gasteiger partial charge is 0.254 e. The van der Waals surface area contributed by atoms with Crippen LogP contribution in [0.1, 0.15) is 29.9 Å². The molecule has 34 heavy (non-hydrogen) atoms. The minimum atomic E-state index is -0.173. The highest BCUT2D eigenvalue weighted by Crippen LogP contribution is 2.26. The summed E-state index contributed by atoms with van der Waals surface area (Å²) in [7, 11) is 0. The number of ether oxygens (including phenoxy) is 1. The summed E-state index contributed by atoms with van der Waals surface area (Å²) in [5.41, 5.74) is 2.44. The van der Waals surface area contributed by atoms with E-state index in [9.17, 15) is 4.79 Å². The van der Waals surface area contributed by atoms with E-state index in [1.807, 2.05) is 37.3 Å². The summed E-state index contributed by atoms with van der Waals surface area (Å²) >= 11 is 0. The third kappa shape index (κ3) is 4.32. The minimum Gasteiger partial charge on any atom is -0.454 e. The summed E-state index contributed by atoms with van der Waals surface area (Å²) in [5, 5.41) is 8.46. The molecule has 0 spiro atoms. The molecule has 0 saturated carbocycles. The van der Waals surface area contributed by atoms with Crippen molar-refractivity contribution in [1.29, 1.82) is 0 Å². The first-order valence-electron chi connectivity index (χ1n) is 11.4. The standard InChI is InChI=1S/C25H28N6O3/c1-17-19(23(32)27-16-25(2,3)30-10-12-33-13-11-30)15-28-31(17)24-26-9-8-20(29-24)22-14-18-6-4-5-7-21(18)34-22/h4-9,14-15H,10-13,16H2,1-3H3,(H,27,32). The number of hydrogen-bond donors (Lipinski definition) is 1. The average Bonchev–Trinajstić information content (AvgIpc) is 3.47. The molecule has 4 heterocycles. The van der Waals surface area contributed by atoms with Crippen LogP contribution in [0.5, 0.6) is 0 Å². The number of hydrogen-bond acceptors (Lipinski definition) is 7. The SMILES string of the molecule is Cc1c(C(=O)NCC(C)(C)N2CCOCC2)cnn1-c1nccc(-c2cc3ccccc3o2)n1. The number of para-hydroxylation sites is 1. The van der Waals surface area contributed by atoms with Crippen LogP contribution in [-0.2, 0) is 4.74 Å². The number of furan rings is 1. The lowest BCUT2D eigenvalue weighted by Gasteiger charge is -2.40. The number of morpholine rings is 1. The molecule has 176 valence electrons. The maximum Gasteiger partial charge on any atom is 0.254 e. The summed E-state index contributed by atoms with van der Waals surface area (Å²) in [6.45, 7) is 9.78. The molecule has 1 aromatic carbocycles. The lowest BCUT2D eigenvalue weighted by molar-refractivity contribution is -0.00923. The molecule has 0 atom stereocenters. The van der Waals surface area contributed by atoms with Crippen molar-refractivity contribution in [2.45, 2.75) is 26.3 Å². The molecule has 9 heteroatoms. The fourth-order valence-corrected chi connectivity index (χ4v) is 4.20.